The molecule has 5 nitrogen and oxygen atoms in total. The van der Waals surface area contributed by atoms with Crippen LogP contribution < -0.4 is 5.32 Å². The van der Waals surface area contributed by atoms with Gasteiger partial charge in [-0.05, 0) is 25.5 Å². The largest absolute Gasteiger partial charge is 0.423 e. The van der Waals surface area contributed by atoms with Crippen LogP contribution in [0.4, 0.5) is 24.5 Å². The molecule has 112 valence electrons. The fourth-order valence-corrected chi connectivity index (χ4v) is 1.66. The van der Waals surface area contributed by atoms with Gasteiger partial charge >= 0.3 is 6.18 Å². The quantitative estimate of drug-likeness (QED) is 0.644. The first-order valence-electron chi connectivity index (χ1n) is 5.86. The Kier molecular flexibility index (Phi) is 5.32. The van der Waals surface area contributed by atoms with Gasteiger partial charge in [-0.25, -0.2) is 0 Å². The van der Waals surface area contributed by atoms with Gasteiger partial charge < -0.3 is 10.1 Å². The maximum atomic E-state index is 12.8. The van der Waals surface area contributed by atoms with E-state index < -0.39 is 22.4 Å². The van der Waals surface area contributed by atoms with Crippen LogP contribution in [-0.4, -0.2) is 24.7 Å². The minimum absolute atomic E-state index is 0.113. The average molecular weight is 292 g/mol. The van der Waals surface area contributed by atoms with Crippen LogP contribution >= 0.6 is 0 Å². The second kappa shape index (κ2) is 6.56. The predicted molar refractivity (Wildman–Crippen MR) is 67.7 cm³/mol. The van der Waals surface area contributed by atoms with Gasteiger partial charge in [0.25, 0.3) is 5.69 Å². The van der Waals surface area contributed by atoms with E-state index in [2.05, 4.69) is 5.32 Å². The van der Waals surface area contributed by atoms with E-state index in [1.807, 2.05) is 0 Å². The van der Waals surface area contributed by atoms with Crippen molar-refractivity contribution in [1.29, 1.82) is 0 Å². The minimum Gasteiger partial charge on any atom is -0.385 e. The molecule has 0 amide bonds. The monoisotopic (exact) mass is 292 g/mol. The van der Waals surface area contributed by atoms with E-state index in [0.29, 0.717) is 13.0 Å². The first kappa shape index (κ1) is 16.2. The number of ether oxygens (including phenoxy) is 1. The van der Waals surface area contributed by atoms with E-state index in [1.165, 1.54) is 13.2 Å². The van der Waals surface area contributed by atoms with Crippen molar-refractivity contribution >= 4 is 11.4 Å². The zero-order valence-electron chi connectivity index (χ0n) is 11.0. The standard InChI is InChI=1S/C12H15F3N2O3/c1-8(5-6-20-2)16-9-3-4-11(17(18)19)10(7-9)12(13,14)15/h3-4,7-8,16H,5-6H2,1-2H3. The van der Waals surface area contributed by atoms with Crippen LogP contribution in [-0.2, 0) is 10.9 Å². The lowest BCUT2D eigenvalue weighted by atomic mass is 10.1. The molecular weight excluding hydrogens is 277 g/mol. The summed E-state index contributed by atoms with van der Waals surface area (Å²) >= 11 is 0. The number of methoxy groups -OCH3 is 1. The highest BCUT2D eigenvalue weighted by atomic mass is 19.4. The number of nitrogens with one attached hydrogen (secondary N) is 1. The highest BCUT2D eigenvalue weighted by Crippen LogP contribution is 2.37. The molecule has 0 aliphatic rings. The molecule has 0 fully saturated rings. The van der Waals surface area contributed by atoms with Gasteiger partial charge in [-0.3, -0.25) is 10.1 Å². The Bertz CT molecular complexity index is 478. The second-order valence-electron chi connectivity index (χ2n) is 4.31. The molecule has 1 atom stereocenters. The maximum absolute atomic E-state index is 12.8. The molecule has 0 aliphatic heterocycles. The molecule has 1 N–H and O–H groups in total. The van der Waals surface area contributed by atoms with E-state index in [9.17, 15) is 23.3 Å². The first-order valence-corrected chi connectivity index (χ1v) is 5.86. The minimum atomic E-state index is -4.77. The van der Waals surface area contributed by atoms with Gasteiger partial charge in [-0.2, -0.15) is 13.2 Å². The summed E-state index contributed by atoms with van der Waals surface area (Å²) in [5, 5.41) is 13.5. The van der Waals surface area contributed by atoms with Crippen molar-refractivity contribution in [2.45, 2.75) is 25.6 Å². The number of anilines is 1. The summed E-state index contributed by atoms with van der Waals surface area (Å²) in [4.78, 5) is 9.57. The third kappa shape index (κ3) is 4.37. The zero-order chi connectivity index (χ0) is 15.3. The van der Waals surface area contributed by atoms with Crippen LogP contribution in [0.2, 0.25) is 0 Å². The zero-order valence-corrected chi connectivity index (χ0v) is 11.0. The number of nitro benzene ring substituents is 1. The van der Waals surface area contributed by atoms with Crippen molar-refractivity contribution in [2.75, 3.05) is 19.0 Å². The van der Waals surface area contributed by atoms with Crippen LogP contribution in [0.15, 0.2) is 18.2 Å². The van der Waals surface area contributed by atoms with Crippen molar-refractivity contribution in [3.63, 3.8) is 0 Å². The summed E-state index contributed by atoms with van der Waals surface area (Å²) in [7, 11) is 1.53. The molecule has 0 radical (unpaired) electrons. The number of benzene rings is 1. The van der Waals surface area contributed by atoms with Crippen LogP contribution in [0.5, 0.6) is 0 Å². The van der Waals surface area contributed by atoms with Gasteiger partial charge in [-0.1, -0.05) is 0 Å². The fraction of sp³-hybridized carbons (Fsp3) is 0.500. The second-order valence-corrected chi connectivity index (χ2v) is 4.31. The Hall–Kier alpha value is -1.83. The van der Waals surface area contributed by atoms with E-state index in [0.717, 1.165) is 12.1 Å². The molecule has 0 bridgehead atoms. The van der Waals surface area contributed by atoms with Crippen molar-refractivity contribution in [3.8, 4) is 0 Å². The molecule has 1 aromatic carbocycles. The molecule has 1 unspecified atom stereocenters. The normalized spacial score (nSPS) is 13.1. The summed E-state index contributed by atoms with van der Waals surface area (Å²) in [5.74, 6) is 0. The van der Waals surface area contributed by atoms with Gasteiger partial charge in [0.2, 0.25) is 0 Å². The van der Waals surface area contributed by atoms with E-state index in [-0.39, 0.29) is 11.7 Å². The smallest absolute Gasteiger partial charge is 0.385 e. The molecule has 0 aromatic heterocycles. The van der Waals surface area contributed by atoms with E-state index in [1.54, 1.807) is 6.92 Å². The number of rotatable bonds is 6. The molecule has 0 spiro atoms. The molecule has 0 heterocycles. The molecule has 0 aliphatic carbocycles. The third-order valence-electron chi connectivity index (χ3n) is 2.67. The Balaban J connectivity index is 2.98. The summed E-state index contributed by atoms with van der Waals surface area (Å²) in [6.45, 7) is 2.25. The van der Waals surface area contributed by atoms with Crippen molar-refractivity contribution < 1.29 is 22.8 Å². The fourth-order valence-electron chi connectivity index (χ4n) is 1.66. The maximum Gasteiger partial charge on any atom is 0.423 e. The number of halogens is 3. The number of hydrogen-bond acceptors (Lipinski definition) is 4. The lowest BCUT2D eigenvalue weighted by molar-refractivity contribution is -0.388. The summed E-state index contributed by atoms with van der Waals surface area (Å²) in [6.07, 6.45) is -4.16. The average Bonchev–Trinajstić information content (AvgIpc) is 2.35. The van der Waals surface area contributed by atoms with Gasteiger partial charge in [0.15, 0.2) is 0 Å². The van der Waals surface area contributed by atoms with E-state index in [4.69, 9.17) is 4.74 Å². The van der Waals surface area contributed by atoms with Crippen LogP contribution in [0.3, 0.4) is 0 Å². The van der Waals surface area contributed by atoms with E-state index >= 15 is 0 Å². The third-order valence-corrected chi connectivity index (χ3v) is 2.67. The number of nitro groups is 1. The van der Waals surface area contributed by atoms with Crippen LogP contribution in [0.25, 0.3) is 0 Å². The molecule has 1 rings (SSSR count). The van der Waals surface area contributed by atoms with Crippen molar-refractivity contribution in [3.05, 3.63) is 33.9 Å². The summed E-state index contributed by atoms with van der Waals surface area (Å²) < 4.78 is 43.2. The van der Waals surface area contributed by atoms with Crippen LogP contribution in [0.1, 0.15) is 18.9 Å². The van der Waals surface area contributed by atoms with Gasteiger partial charge in [0.05, 0.1) is 4.92 Å². The molecule has 0 saturated heterocycles. The molecule has 0 saturated carbocycles. The lowest BCUT2D eigenvalue weighted by Gasteiger charge is -2.16. The number of hydrogen-bond donors (Lipinski definition) is 1. The van der Waals surface area contributed by atoms with Gasteiger partial charge in [0.1, 0.15) is 5.56 Å². The Morgan fingerprint density at radius 3 is 2.60 bits per heavy atom. The van der Waals surface area contributed by atoms with Crippen LogP contribution in [0, 0.1) is 10.1 Å². The summed E-state index contributed by atoms with van der Waals surface area (Å²) in [5.41, 5.74) is -2.02. The predicted octanol–water partition coefficient (Wildman–Crippen LogP) is 3.45. The Labute approximate surface area is 113 Å². The SMILES string of the molecule is COCCC(C)Nc1ccc([N+](=O)[O-])c(C(F)(F)F)c1. The number of alkyl halides is 3. The topological polar surface area (TPSA) is 64.4 Å². The van der Waals surface area contributed by atoms with Gasteiger partial charge in [-0.15, -0.1) is 0 Å². The van der Waals surface area contributed by atoms with Crippen molar-refractivity contribution in [1.82, 2.24) is 0 Å². The highest BCUT2D eigenvalue weighted by Gasteiger charge is 2.38. The Morgan fingerprint density at radius 2 is 2.10 bits per heavy atom. The number of nitrogens with zero attached hydrogens (tertiary/aromatic N) is 1. The lowest BCUT2D eigenvalue weighted by Crippen LogP contribution is -2.18. The Morgan fingerprint density at radius 1 is 1.45 bits per heavy atom. The highest BCUT2D eigenvalue weighted by molar-refractivity contribution is 5.55. The molecule has 1 aromatic rings. The summed E-state index contributed by atoms with van der Waals surface area (Å²) in [6, 6.07) is 2.75. The molecular formula is C12H15F3N2O3. The molecule has 20 heavy (non-hydrogen) atoms. The van der Waals surface area contributed by atoms with Gasteiger partial charge in [0, 0.05) is 31.5 Å². The first-order chi connectivity index (χ1) is 9.25. The van der Waals surface area contributed by atoms with Crippen molar-refractivity contribution in [2.24, 2.45) is 0 Å². The molecule has 8 heteroatoms.